The van der Waals surface area contributed by atoms with Gasteiger partial charge in [-0.2, -0.15) is 11.8 Å². The minimum absolute atomic E-state index is 0.801. The van der Waals surface area contributed by atoms with E-state index in [0.29, 0.717) is 0 Å². The van der Waals surface area contributed by atoms with Gasteiger partial charge in [-0.1, -0.05) is 6.07 Å². The summed E-state index contributed by atoms with van der Waals surface area (Å²) in [6, 6.07) is 6.08. The van der Waals surface area contributed by atoms with Crippen LogP contribution in [0.2, 0.25) is 0 Å². The summed E-state index contributed by atoms with van der Waals surface area (Å²) in [6.07, 6.45) is 0. The number of rotatable bonds is 5. The van der Waals surface area contributed by atoms with Crippen LogP contribution in [0.5, 0.6) is 0 Å². The molecular formula is C10H14BrNOS. The molecule has 2 nitrogen and oxygen atoms in total. The van der Waals surface area contributed by atoms with Gasteiger partial charge in [0, 0.05) is 28.8 Å². The molecule has 1 rings (SSSR count). The van der Waals surface area contributed by atoms with E-state index in [0.717, 1.165) is 28.3 Å². The molecule has 0 saturated carbocycles. The van der Waals surface area contributed by atoms with Crippen LogP contribution in [-0.2, 0) is 10.5 Å². The second-order valence-electron chi connectivity index (χ2n) is 2.90. The molecule has 0 amide bonds. The van der Waals surface area contributed by atoms with E-state index in [1.165, 1.54) is 5.56 Å². The summed E-state index contributed by atoms with van der Waals surface area (Å²) in [5, 5.41) is 0. The number of hydrogen-bond donors (Lipinski definition) is 1. The van der Waals surface area contributed by atoms with E-state index < -0.39 is 0 Å². The third-order valence-electron chi connectivity index (χ3n) is 1.76. The first-order valence-electron chi connectivity index (χ1n) is 4.34. The molecular weight excluding hydrogens is 262 g/mol. The maximum Gasteiger partial charge on any atom is 0.0553 e. The number of anilines is 1. The first kappa shape index (κ1) is 11.9. The Balaban J connectivity index is 2.39. The monoisotopic (exact) mass is 275 g/mol. The van der Waals surface area contributed by atoms with Crippen molar-refractivity contribution in [1.82, 2.24) is 0 Å². The van der Waals surface area contributed by atoms with Crippen molar-refractivity contribution in [3.8, 4) is 0 Å². The molecule has 1 aromatic carbocycles. The molecule has 14 heavy (non-hydrogen) atoms. The van der Waals surface area contributed by atoms with Crippen LogP contribution in [0.25, 0.3) is 0 Å². The SMILES string of the molecule is COCCSCc1ccc(Br)c(N)c1. The summed E-state index contributed by atoms with van der Waals surface area (Å²) in [5.74, 6) is 2.01. The summed E-state index contributed by atoms with van der Waals surface area (Å²) in [5.41, 5.74) is 7.83. The normalized spacial score (nSPS) is 10.4. The minimum atomic E-state index is 0.801. The van der Waals surface area contributed by atoms with Gasteiger partial charge in [-0.25, -0.2) is 0 Å². The van der Waals surface area contributed by atoms with Crippen LogP contribution < -0.4 is 5.73 Å². The molecule has 0 saturated heterocycles. The van der Waals surface area contributed by atoms with Crippen LogP contribution in [0.4, 0.5) is 5.69 Å². The van der Waals surface area contributed by atoms with Crippen molar-refractivity contribution in [2.75, 3.05) is 25.2 Å². The first-order chi connectivity index (χ1) is 6.74. The summed E-state index contributed by atoms with van der Waals surface area (Å²) >= 11 is 5.22. The lowest BCUT2D eigenvalue weighted by Gasteiger charge is -2.04. The summed E-state index contributed by atoms with van der Waals surface area (Å²) in [7, 11) is 1.72. The second-order valence-corrected chi connectivity index (χ2v) is 4.86. The van der Waals surface area contributed by atoms with Gasteiger partial charge in [-0.3, -0.25) is 0 Å². The third-order valence-corrected chi connectivity index (χ3v) is 3.48. The lowest BCUT2D eigenvalue weighted by molar-refractivity contribution is 0.218. The van der Waals surface area contributed by atoms with Gasteiger partial charge in [0.25, 0.3) is 0 Å². The molecule has 78 valence electrons. The number of nitrogen functional groups attached to an aromatic ring is 1. The molecule has 1 aromatic rings. The summed E-state index contributed by atoms with van der Waals surface area (Å²) in [4.78, 5) is 0. The molecule has 0 bridgehead atoms. The average Bonchev–Trinajstić information content (AvgIpc) is 2.18. The number of ether oxygens (including phenoxy) is 1. The van der Waals surface area contributed by atoms with Crippen LogP contribution in [0.1, 0.15) is 5.56 Å². The van der Waals surface area contributed by atoms with Crippen molar-refractivity contribution < 1.29 is 4.74 Å². The lowest BCUT2D eigenvalue weighted by Crippen LogP contribution is -1.93. The minimum Gasteiger partial charge on any atom is -0.398 e. The van der Waals surface area contributed by atoms with Crippen molar-refractivity contribution >= 4 is 33.4 Å². The van der Waals surface area contributed by atoms with Gasteiger partial charge in [0.05, 0.1) is 6.61 Å². The maximum absolute atomic E-state index is 5.77. The quantitative estimate of drug-likeness (QED) is 0.663. The van der Waals surface area contributed by atoms with Crippen molar-refractivity contribution in [2.45, 2.75) is 5.75 Å². The summed E-state index contributed by atoms with van der Waals surface area (Å²) < 4.78 is 5.93. The molecule has 0 unspecified atom stereocenters. The number of hydrogen-bond acceptors (Lipinski definition) is 3. The van der Waals surface area contributed by atoms with Crippen LogP contribution in [0, 0.1) is 0 Å². The predicted molar refractivity (Wildman–Crippen MR) is 66.6 cm³/mol. The number of methoxy groups -OCH3 is 1. The lowest BCUT2D eigenvalue weighted by atomic mass is 10.2. The summed E-state index contributed by atoms with van der Waals surface area (Å²) in [6.45, 7) is 0.802. The molecule has 0 heterocycles. The topological polar surface area (TPSA) is 35.2 Å². The molecule has 0 aliphatic carbocycles. The largest absolute Gasteiger partial charge is 0.398 e. The molecule has 0 spiro atoms. The fraction of sp³-hybridized carbons (Fsp3) is 0.400. The van der Waals surface area contributed by atoms with Crippen LogP contribution in [-0.4, -0.2) is 19.5 Å². The average molecular weight is 276 g/mol. The zero-order chi connectivity index (χ0) is 10.4. The van der Waals surface area contributed by atoms with Crippen molar-refractivity contribution in [2.24, 2.45) is 0 Å². The van der Waals surface area contributed by atoms with E-state index in [-0.39, 0.29) is 0 Å². The van der Waals surface area contributed by atoms with E-state index >= 15 is 0 Å². The first-order valence-corrected chi connectivity index (χ1v) is 6.29. The van der Waals surface area contributed by atoms with Gasteiger partial charge in [-0.15, -0.1) is 0 Å². The molecule has 0 fully saturated rings. The van der Waals surface area contributed by atoms with Gasteiger partial charge >= 0.3 is 0 Å². The highest BCUT2D eigenvalue weighted by atomic mass is 79.9. The van der Waals surface area contributed by atoms with Gasteiger partial charge in [0.15, 0.2) is 0 Å². The number of halogens is 1. The fourth-order valence-electron chi connectivity index (χ4n) is 1.02. The number of nitrogens with two attached hydrogens (primary N) is 1. The zero-order valence-electron chi connectivity index (χ0n) is 8.13. The Kier molecular flexibility index (Phi) is 5.37. The van der Waals surface area contributed by atoms with Crippen molar-refractivity contribution in [3.63, 3.8) is 0 Å². The zero-order valence-corrected chi connectivity index (χ0v) is 10.5. The van der Waals surface area contributed by atoms with E-state index in [9.17, 15) is 0 Å². The van der Waals surface area contributed by atoms with Crippen molar-refractivity contribution in [1.29, 1.82) is 0 Å². The smallest absolute Gasteiger partial charge is 0.0553 e. The molecule has 4 heteroatoms. The third kappa shape index (κ3) is 3.90. The van der Waals surface area contributed by atoms with Gasteiger partial charge in [0.1, 0.15) is 0 Å². The van der Waals surface area contributed by atoms with E-state index in [4.69, 9.17) is 10.5 Å². The Morgan fingerprint density at radius 3 is 2.93 bits per heavy atom. The van der Waals surface area contributed by atoms with E-state index in [1.54, 1.807) is 7.11 Å². The van der Waals surface area contributed by atoms with Gasteiger partial charge in [0.2, 0.25) is 0 Å². The van der Waals surface area contributed by atoms with E-state index in [2.05, 4.69) is 22.0 Å². The van der Waals surface area contributed by atoms with Crippen LogP contribution >= 0.6 is 27.7 Å². The second kappa shape index (κ2) is 6.32. The molecule has 0 radical (unpaired) electrons. The molecule has 0 aromatic heterocycles. The predicted octanol–water partition coefficient (Wildman–Crippen LogP) is 2.91. The Morgan fingerprint density at radius 1 is 1.50 bits per heavy atom. The Morgan fingerprint density at radius 2 is 2.29 bits per heavy atom. The molecule has 0 atom stereocenters. The highest BCUT2D eigenvalue weighted by Gasteiger charge is 1.98. The molecule has 0 aliphatic heterocycles. The maximum atomic E-state index is 5.77. The number of thioether (sulfide) groups is 1. The molecule has 0 aliphatic rings. The van der Waals surface area contributed by atoms with Gasteiger partial charge in [-0.05, 0) is 33.6 Å². The Labute approximate surface area is 97.3 Å². The van der Waals surface area contributed by atoms with Crippen LogP contribution in [0.3, 0.4) is 0 Å². The Hall–Kier alpha value is -0.190. The highest BCUT2D eigenvalue weighted by molar-refractivity contribution is 9.10. The standard InChI is InChI=1S/C10H14BrNOS/c1-13-4-5-14-7-8-2-3-9(11)10(12)6-8/h2-3,6H,4-5,7,12H2,1H3. The van der Waals surface area contributed by atoms with Crippen LogP contribution in [0.15, 0.2) is 22.7 Å². The number of benzene rings is 1. The van der Waals surface area contributed by atoms with Crippen molar-refractivity contribution in [3.05, 3.63) is 28.2 Å². The van der Waals surface area contributed by atoms with Gasteiger partial charge < -0.3 is 10.5 Å². The van der Waals surface area contributed by atoms with E-state index in [1.807, 2.05) is 23.9 Å². The fourth-order valence-corrected chi connectivity index (χ4v) is 2.11. The highest BCUT2D eigenvalue weighted by Crippen LogP contribution is 2.22. The Bertz CT molecular complexity index is 293. The molecule has 2 N–H and O–H groups in total.